The van der Waals surface area contributed by atoms with Gasteiger partial charge in [-0.1, -0.05) is 25.1 Å². The Bertz CT molecular complexity index is 459. The Kier molecular flexibility index (Phi) is 5.15. The number of ether oxygens (including phenoxy) is 1. The van der Waals surface area contributed by atoms with Gasteiger partial charge in [-0.25, -0.2) is 4.39 Å². The molecule has 19 heavy (non-hydrogen) atoms. The smallest absolute Gasteiger partial charge is 0.144 e. The Morgan fingerprint density at radius 2 is 2.16 bits per heavy atom. The molecule has 4 nitrogen and oxygen atoms in total. The second-order valence-corrected chi connectivity index (χ2v) is 5.23. The molecule has 0 fully saturated rings. The number of amidine groups is 1. The first-order chi connectivity index (χ1) is 8.86. The zero-order valence-corrected chi connectivity index (χ0v) is 11.6. The summed E-state index contributed by atoms with van der Waals surface area (Å²) in [6, 6.07) is 4.47. The topological polar surface area (TPSA) is 67.8 Å². The fraction of sp³-hybridized carbons (Fsp3) is 0.500. The minimum Gasteiger partial charge on any atom is -0.493 e. The van der Waals surface area contributed by atoms with Crippen LogP contribution in [0.1, 0.15) is 32.3 Å². The molecular weight excluding hydrogens is 247 g/mol. The molecule has 0 saturated heterocycles. The van der Waals surface area contributed by atoms with Crippen molar-refractivity contribution < 1.29 is 14.3 Å². The van der Waals surface area contributed by atoms with Gasteiger partial charge in [-0.05, 0) is 31.4 Å². The molecule has 3 N–H and O–H groups in total. The largest absolute Gasteiger partial charge is 0.493 e. The number of hydrogen-bond acceptors (Lipinski definition) is 3. The molecule has 0 heterocycles. The molecule has 0 amide bonds. The van der Waals surface area contributed by atoms with E-state index in [4.69, 9.17) is 15.7 Å². The fourth-order valence-corrected chi connectivity index (χ4v) is 1.69. The van der Waals surface area contributed by atoms with Gasteiger partial charge in [0, 0.05) is 11.5 Å². The quantitative estimate of drug-likeness (QED) is 0.274. The van der Waals surface area contributed by atoms with Crippen LogP contribution in [0.4, 0.5) is 4.39 Å². The summed E-state index contributed by atoms with van der Waals surface area (Å²) in [6.07, 6.45) is 1.45. The summed E-state index contributed by atoms with van der Waals surface area (Å²) in [5.74, 6) is 0.452. The molecule has 0 atom stereocenters. The molecule has 106 valence electrons. The molecular formula is C14H21FN2O2. The summed E-state index contributed by atoms with van der Waals surface area (Å²) in [6.45, 7) is 6.13. The molecule has 0 unspecified atom stereocenters. The predicted octanol–water partition coefficient (Wildman–Crippen LogP) is 3.07. The molecule has 0 aliphatic heterocycles. The van der Waals surface area contributed by atoms with E-state index in [0.29, 0.717) is 12.4 Å². The Labute approximate surface area is 113 Å². The van der Waals surface area contributed by atoms with Crippen molar-refractivity contribution in [2.75, 3.05) is 6.61 Å². The minimum atomic E-state index is -0.380. The van der Waals surface area contributed by atoms with Gasteiger partial charge in [-0.2, -0.15) is 0 Å². The Balaban J connectivity index is 2.45. The highest BCUT2D eigenvalue weighted by molar-refractivity contribution is 5.85. The van der Waals surface area contributed by atoms with Crippen LogP contribution in [0.3, 0.4) is 0 Å². The van der Waals surface area contributed by atoms with Gasteiger partial charge in [-0.15, -0.1) is 0 Å². The fourth-order valence-electron chi connectivity index (χ4n) is 1.69. The van der Waals surface area contributed by atoms with Crippen molar-refractivity contribution in [3.63, 3.8) is 0 Å². The molecule has 0 aliphatic rings. The van der Waals surface area contributed by atoms with Crippen LogP contribution in [0.15, 0.2) is 23.4 Å². The summed E-state index contributed by atoms with van der Waals surface area (Å²) in [4.78, 5) is 0. The van der Waals surface area contributed by atoms with Crippen molar-refractivity contribution in [3.05, 3.63) is 29.6 Å². The molecule has 0 spiro atoms. The van der Waals surface area contributed by atoms with Crippen LogP contribution in [0.2, 0.25) is 0 Å². The monoisotopic (exact) mass is 268 g/mol. The lowest BCUT2D eigenvalue weighted by Crippen LogP contribution is -2.32. The number of aryl methyl sites for hydroxylation is 1. The highest BCUT2D eigenvalue weighted by atomic mass is 19.1. The standard InChI is InChI=1S/C14H21FN2O2/c1-10-5-6-11(15)9-12(10)19-8-4-7-14(2,3)13(16)17-18/h5-6,9,18H,4,7-8H2,1-3H3,(H2,16,17). The molecule has 0 saturated carbocycles. The molecule has 0 aliphatic carbocycles. The van der Waals surface area contributed by atoms with Gasteiger partial charge in [-0.3, -0.25) is 0 Å². The van der Waals surface area contributed by atoms with Crippen LogP contribution in [0.5, 0.6) is 5.75 Å². The highest BCUT2D eigenvalue weighted by Crippen LogP contribution is 2.23. The first kappa shape index (κ1) is 15.3. The number of benzene rings is 1. The third-order valence-electron chi connectivity index (χ3n) is 3.16. The first-order valence-electron chi connectivity index (χ1n) is 6.24. The van der Waals surface area contributed by atoms with Crippen molar-refractivity contribution in [1.82, 2.24) is 0 Å². The molecule has 0 bridgehead atoms. The lowest BCUT2D eigenvalue weighted by molar-refractivity contribution is 0.275. The van der Waals surface area contributed by atoms with Crippen LogP contribution in [0, 0.1) is 18.2 Å². The van der Waals surface area contributed by atoms with Gasteiger partial charge in [0.25, 0.3) is 0 Å². The summed E-state index contributed by atoms with van der Waals surface area (Å²) in [7, 11) is 0. The van der Waals surface area contributed by atoms with Gasteiger partial charge in [0.15, 0.2) is 0 Å². The molecule has 1 aromatic rings. The van der Waals surface area contributed by atoms with E-state index in [-0.39, 0.29) is 17.1 Å². The van der Waals surface area contributed by atoms with Gasteiger partial charge < -0.3 is 15.7 Å². The molecule has 5 heteroatoms. The van der Waals surface area contributed by atoms with E-state index in [0.717, 1.165) is 18.4 Å². The van der Waals surface area contributed by atoms with Gasteiger partial charge in [0.05, 0.1) is 6.61 Å². The highest BCUT2D eigenvalue weighted by Gasteiger charge is 2.22. The predicted molar refractivity (Wildman–Crippen MR) is 73.1 cm³/mol. The molecule has 1 rings (SSSR count). The molecule has 0 aromatic heterocycles. The maximum Gasteiger partial charge on any atom is 0.144 e. The van der Waals surface area contributed by atoms with Crippen LogP contribution in [-0.2, 0) is 0 Å². The third-order valence-corrected chi connectivity index (χ3v) is 3.16. The third kappa shape index (κ3) is 4.43. The van der Waals surface area contributed by atoms with Crippen LogP contribution in [-0.4, -0.2) is 17.6 Å². The lowest BCUT2D eigenvalue weighted by atomic mass is 9.87. The second kappa shape index (κ2) is 6.41. The second-order valence-electron chi connectivity index (χ2n) is 5.23. The first-order valence-corrected chi connectivity index (χ1v) is 6.24. The van der Waals surface area contributed by atoms with Gasteiger partial charge in [0.1, 0.15) is 17.4 Å². The van der Waals surface area contributed by atoms with E-state index in [1.165, 1.54) is 12.1 Å². The number of nitrogens with zero attached hydrogens (tertiary/aromatic N) is 1. The van der Waals surface area contributed by atoms with Crippen molar-refractivity contribution in [2.45, 2.75) is 33.6 Å². The maximum absolute atomic E-state index is 13.1. The normalized spacial score (nSPS) is 12.5. The summed E-state index contributed by atoms with van der Waals surface area (Å²) >= 11 is 0. The summed E-state index contributed by atoms with van der Waals surface area (Å²) in [5.41, 5.74) is 6.12. The van der Waals surface area contributed by atoms with E-state index in [1.807, 2.05) is 20.8 Å². The van der Waals surface area contributed by atoms with Crippen LogP contribution in [0.25, 0.3) is 0 Å². The van der Waals surface area contributed by atoms with E-state index < -0.39 is 0 Å². The maximum atomic E-state index is 13.1. The minimum absolute atomic E-state index is 0.203. The van der Waals surface area contributed by atoms with Crippen molar-refractivity contribution in [1.29, 1.82) is 0 Å². The van der Waals surface area contributed by atoms with Gasteiger partial charge >= 0.3 is 0 Å². The van der Waals surface area contributed by atoms with Gasteiger partial charge in [0.2, 0.25) is 0 Å². The number of hydrogen-bond donors (Lipinski definition) is 2. The zero-order valence-electron chi connectivity index (χ0n) is 11.6. The van der Waals surface area contributed by atoms with E-state index >= 15 is 0 Å². The number of oxime groups is 1. The van der Waals surface area contributed by atoms with E-state index in [1.54, 1.807) is 6.07 Å². The average molecular weight is 268 g/mol. The average Bonchev–Trinajstić information content (AvgIpc) is 2.37. The molecule has 0 radical (unpaired) electrons. The Hall–Kier alpha value is -1.78. The van der Waals surface area contributed by atoms with E-state index in [9.17, 15) is 4.39 Å². The van der Waals surface area contributed by atoms with Crippen LogP contribution < -0.4 is 10.5 Å². The number of halogens is 1. The summed E-state index contributed by atoms with van der Waals surface area (Å²) < 4.78 is 18.6. The Morgan fingerprint density at radius 1 is 1.47 bits per heavy atom. The Morgan fingerprint density at radius 3 is 2.79 bits per heavy atom. The van der Waals surface area contributed by atoms with Crippen molar-refractivity contribution in [2.24, 2.45) is 16.3 Å². The lowest BCUT2D eigenvalue weighted by Gasteiger charge is -2.22. The molecule has 1 aromatic carbocycles. The zero-order chi connectivity index (χ0) is 14.5. The van der Waals surface area contributed by atoms with Crippen molar-refractivity contribution in [3.8, 4) is 5.75 Å². The van der Waals surface area contributed by atoms with Crippen LogP contribution >= 0.6 is 0 Å². The SMILES string of the molecule is Cc1ccc(F)cc1OCCCC(C)(C)/C(N)=N/O. The number of nitrogens with two attached hydrogens (primary N) is 1. The van der Waals surface area contributed by atoms with Crippen molar-refractivity contribution >= 4 is 5.84 Å². The number of rotatable bonds is 6. The van der Waals surface area contributed by atoms with E-state index in [2.05, 4.69) is 5.16 Å². The summed E-state index contributed by atoms with van der Waals surface area (Å²) in [5, 5.41) is 11.7.